The first-order chi connectivity index (χ1) is 8.67. The van der Waals surface area contributed by atoms with Gasteiger partial charge >= 0.3 is 0 Å². The summed E-state index contributed by atoms with van der Waals surface area (Å²) >= 11 is 3.38. The van der Waals surface area contributed by atoms with Crippen LogP contribution in [0.15, 0.2) is 22.7 Å². The number of nitrogens with two attached hydrogens (primary N) is 1. The Kier molecular flexibility index (Phi) is 6.70. The molecule has 1 rings (SSSR count). The number of methoxy groups -OCH3 is 1. The van der Waals surface area contributed by atoms with E-state index in [1.807, 2.05) is 12.1 Å². The Balaban J connectivity index is 2.41. The molecule has 6 heteroatoms. The summed E-state index contributed by atoms with van der Waals surface area (Å²) in [5, 5.41) is 2.67. The summed E-state index contributed by atoms with van der Waals surface area (Å²) in [6, 6.07) is 5.44. The Morgan fingerprint density at radius 3 is 2.94 bits per heavy atom. The quantitative estimate of drug-likeness (QED) is 0.737. The maximum atomic E-state index is 11.4. The number of hydrogen-bond donors (Lipinski definition) is 2. The third-order valence-electron chi connectivity index (χ3n) is 2.24. The minimum absolute atomic E-state index is 0.0185. The van der Waals surface area contributed by atoms with E-state index in [0.717, 1.165) is 10.0 Å². The molecule has 0 spiro atoms. The normalized spacial score (nSPS) is 10.2. The number of hydrogen-bond acceptors (Lipinski definition) is 4. The van der Waals surface area contributed by atoms with Crippen LogP contribution in [0.3, 0.4) is 0 Å². The number of benzene rings is 1. The van der Waals surface area contributed by atoms with Crippen molar-refractivity contribution < 1.29 is 14.3 Å². The lowest BCUT2D eigenvalue weighted by molar-refractivity contribution is -0.123. The van der Waals surface area contributed by atoms with Gasteiger partial charge in [0.25, 0.3) is 5.91 Å². The van der Waals surface area contributed by atoms with Crippen LogP contribution in [-0.4, -0.2) is 32.8 Å². The molecule has 0 saturated heterocycles. The van der Waals surface area contributed by atoms with Gasteiger partial charge in [0.1, 0.15) is 5.75 Å². The van der Waals surface area contributed by atoms with E-state index < -0.39 is 0 Å². The molecule has 0 heterocycles. The van der Waals surface area contributed by atoms with Gasteiger partial charge in [-0.05, 0) is 23.8 Å². The molecule has 5 nitrogen and oxygen atoms in total. The van der Waals surface area contributed by atoms with Crippen molar-refractivity contribution in [2.45, 2.75) is 6.54 Å². The van der Waals surface area contributed by atoms with Gasteiger partial charge in [0.05, 0.1) is 6.61 Å². The number of amides is 1. The van der Waals surface area contributed by atoms with Crippen molar-refractivity contribution in [2.75, 3.05) is 26.9 Å². The fraction of sp³-hybridized carbons (Fsp3) is 0.417. The fourth-order valence-corrected chi connectivity index (χ4v) is 1.70. The third-order valence-corrected chi connectivity index (χ3v) is 3.01. The molecule has 1 aromatic rings. The molecule has 0 bridgehead atoms. The number of nitrogens with one attached hydrogen (secondary N) is 1. The van der Waals surface area contributed by atoms with Crippen molar-refractivity contribution in [3.05, 3.63) is 28.2 Å². The van der Waals surface area contributed by atoms with Gasteiger partial charge in [0, 0.05) is 24.7 Å². The highest BCUT2D eigenvalue weighted by Gasteiger charge is 2.04. The van der Waals surface area contributed by atoms with Crippen LogP contribution in [0.25, 0.3) is 0 Å². The summed E-state index contributed by atoms with van der Waals surface area (Å²) in [5.74, 6) is 0.449. The lowest BCUT2D eigenvalue weighted by Gasteiger charge is -2.09. The molecular weight excluding hydrogens is 300 g/mol. The van der Waals surface area contributed by atoms with Crippen LogP contribution in [-0.2, 0) is 16.1 Å². The summed E-state index contributed by atoms with van der Waals surface area (Å²) in [6.07, 6.45) is 0. The van der Waals surface area contributed by atoms with E-state index in [1.54, 1.807) is 13.2 Å². The largest absolute Gasteiger partial charge is 0.484 e. The molecule has 18 heavy (non-hydrogen) atoms. The van der Waals surface area contributed by atoms with Gasteiger partial charge in [-0.15, -0.1) is 0 Å². The number of rotatable bonds is 7. The molecule has 1 amide bonds. The summed E-state index contributed by atoms with van der Waals surface area (Å²) in [7, 11) is 1.58. The van der Waals surface area contributed by atoms with Crippen molar-refractivity contribution in [1.29, 1.82) is 0 Å². The number of ether oxygens (including phenoxy) is 2. The molecule has 0 saturated carbocycles. The zero-order valence-electron chi connectivity index (χ0n) is 10.2. The molecule has 0 aromatic heterocycles. The van der Waals surface area contributed by atoms with Gasteiger partial charge in [0.15, 0.2) is 6.61 Å². The zero-order chi connectivity index (χ0) is 13.4. The average Bonchev–Trinajstić information content (AvgIpc) is 2.38. The van der Waals surface area contributed by atoms with Crippen molar-refractivity contribution in [1.82, 2.24) is 5.32 Å². The fourth-order valence-electron chi connectivity index (χ4n) is 1.29. The van der Waals surface area contributed by atoms with Crippen LogP contribution < -0.4 is 15.8 Å². The van der Waals surface area contributed by atoms with Crippen LogP contribution in [0.4, 0.5) is 0 Å². The second-order valence-corrected chi connectivity index (χ2v) is 4.44. The standard InChI is InChI=1S/C12H17BrN2O3/c1-17-5-4-15-12(16)8-18-10-2-3-11(13)9(6-10)7-14/h2-3,6H,4-5,7-8,14H2,1H3,(H,15,16). The Bertz CT molecular complexity index is 399. The maximum absolute atomic E-state index is 11.4. The van der Waals surface area contributed by atoms with Gasteiger partial charge in [-0.2, -0.15) is 0 Å². The molecule has 0 unspecified atom stereocenters. The van der Waals surface area contributed by atoms with Crippen LogP contribution in [0.5, 0.6) is 5.75 Å². The summed E-state index contributed by atoms with van der Waals surface area (Å²) in [6.45, 7) is 1.36. The Labute approximate surface area is 115 Å². The molecule has 0 fully saturated rings. The maximum Gasteiger partial charge on any atom is 0.258 e. The van der Waals surface area contributed by atoms with Crippen molar-refractivity contribution >= 4 is 21.8 Å². The Hall–Kier alpha value is -1.11. The van der Waals surface area contributed by atoms with Crippen LogP contribution in [0.1, 0.15) is 5.56 Å². The van der Waals surface area contributed by atoms with Crippen molar-refractivity contribution in [3.8, 4) is 5.75 Å². The van der Waals surface area contributed by atoms with Gasteiger partial charge < -0.3 is 20.5 Å². The number of carbonyl (C=O) groups is 1. The van der Waals surface area contributed by atoms with Crippen LogP contribution in [0.2, 0.25) is 0 Å². The summed E-state index contributed by atoms with van der Waals surface area (Å²) < 4.78 is 11.1. The smallest absolute Gasteiger partial charge is 0.258 e. The van der Waals surface area contributed by atoms with Crippen LogP contribution in [0, 0.1) is 0 Å². The summed E-state index contributed by atoms with van der Waals surface area (Å²) in [4.78, 5) is 11.4. The van der Waals surface area contributed by atoms with Gasteiger partial charge in [-0.25, -0.2) is 0 Å². The highest BCUT2D eigenvalue weighted by molar-refractivity contribution is 9.10. The molecule has 100 valence electrons. The van der Waals surface area contributed by atoms with Crippen molar-refractivity contribution in [2.24, 2.45) is 5.73 Å². The molecule has 0 radical (unpaired) electrons. The van der Waals surface area contributed by atoms with Crippen LogP contribution >= 0.6 is 15.9 Å². The second kappa shape index (κ2) is 8.07. The molecule has 1 aromatic carbocycles. The monoisotopic (exact) mass is 316 g/mol. The van der Waals surface area contributed by atoms with Crippen molar-refractivity contribution in [3.63, 3.8) is 0 Å². The summed E-state index contributed by atoms with van der Waals surface area (Å²) in [5.41, 5.74) is 6.52. The molecule has 0 aliphatic heterocycles. The van der Waals surface area contributed by atoms with E-state index in [4.69, 9.17) is 15.2 Å². The first-order valence-electron chi connectivity index (χ1n) is 5.54. The molecule has 0 atom stereocenters. The predicted molar refractivity (Wildman–Crippen MR) is 72.4 cm³/mol. The van der Waals surface area contributed by atoms with E-state index in [1.165, 1.54) is 0 Å². The molecule has 3 N–H and O–H groups in total. The highest BCUT2D eigenvalue weighted by atomic mass is 79.9. The SMILES string of the molecule is COCCNC(=O)COc1ccc(Br)c(CN)c1. The minimum Gasteiger partial charge on any atom is -0.484 e. The topological polar surface area (TPSA) is 73.6 Å². The third kappa shape index (κ3) is 5.03. The van der Waals surface area contributed by atoms with E-state index in [2.05, 4.69) is 21.2 Å². The van der Waals surface area contributed by atoms with E-state index in [-0.39, 0.29) is 12.5 Å². The van der Waals surface area contributed by atoms with E-state index >= 15 is 0 Å². The number of halogens is 1. The molecular formula is C12H17BrN2O3. The zero-order valence-corrected chi connectivity index (χ0v) is 11.8. The lowest BCUT2D eigenvalue weighted by Crippen LogP contribution is -2.31. The number of carbonyl (C=O) groups excluding carboxylic acids is 1. The Morgan fingerprint density at radius 1 is 1.50 bits per heavy atom. The molecule has 0 aliphatic carbocycles. The van der Waals surface area contributed by atoms with E-state index in [9.17, 15) is 4.79 Å². The predicted octanol–water partition coefficient (Wildman–Crippen LogP) is 1.05. The average molecular weight is 317 g/mol. The van der Waals surface area contributed by atoms with Gasteiger partial charge in [-0.1, -0.05) is 15.9 Å². The second-order valence-electron chi connectivity index (χ2n) is 3.59. The first kappa shape index (κ1) is 14.9. The van der Waals surface area contributed by atoms with E-state index in [0.29, 0.717) is 25.4 Å². The molecule has 0 aliphatic rings. The first-order valence-corrected chi connectivity index (χ1v) is 6.33. The highest BCUT2D eigenvalue weighted by Crippen LogP contribution is 2.22. The van der Waals surface area contributed by atoms with Gasteiger partial charge in [0.2, 0.25) is 0 Å². The van der Waals surface area contributed by atoms with Gasteiger partial charge in [-0.3, -0.25) is 4.79 Å². The lowest BCUT2D eigenvalue weighted by atomic mass is 10.2. The Morgan fingerprint density at radius 2 is 2.28 bits per heavy atom. The minimum atomic E-state index is -0.177.